The monoisotopic (exact) mass is 188 g/mol. The summed E-state index contributed by atoms with van der Waals surface area (Å²) in [7, 11) is 0. The summed E-state index contributed by atoms with van der Waals surface area (Å²) in [6.45, 7) is 1.97. The zero-order chi connectivity index (χ0) is 10.6. The summed E-state index contributed by atoms with van der Waals surface area (Å²) < 4.78 is 0. The molecule has 3 heteroatoms. The normalized spacial score (nSPS) is 8.57. The summed E-state index contributed by atoms with van der Waals surface area (Å²) in [5, 5.41) is 7.84. The minimum absolute atomic E-state index is 0.341. The van der Waals surface area contributed by atoms with Gasteiger partial charge in [-0.1, -0.05) is 12.1 Å². The maximum Gasteiger partial charge on any atom is 0.123 e. The summed E-state index contributed by atoms with van der Waals surface area (Å²) in [6.07, 6.45) is 5.66. The van der Waals surface area contributed by atoms with Crippen LogP contribution in [0.5, 0.6) is 0 Å². The van der Waals surface area contributed by atoms with E-state index in [1.54, 1.807) is 12.3 Å². The standard InChI is InChI=1S/C6H7N.C5H5NO/c1-6-4-2-3-5-7-6;6-4-2-1-3-5-7/h2-5H,1H3;1-2,5H,3H2. The smallest absolute Gasteiger partial charge is 0.123 e. The molecular formula is C11H12N2O. The topological polar surface area (TPSA) is 53.8 Å². The van der Waals surface area contributed by atoms with E-state index in [9.17, 15) is 4.79 Å². The number of pyridine rings is 1. The van der Waals surface area contributed by atoms with Gasteiger partial charge >= 0.3 is 0 Å². The summed E-state index contributed by atoms with van der Waals surface area (Å²) >= 11 is 0. The number of nitrogens with zero attached hydrogens (tertiary/aromatic N) is 2. The van der Waals surface area contributed by atoms with Crippen LogP contribution in [0.3, 0.4) is 0 Å². The average molecular weight is 188 g/mol. The van der Waals surface area contributed by atoms with Crippen molar-refractivity contribution in [3.63, 3.8) is 0 Å². The third kappa shape index (κ3) is 8.15. The average Bonchev–Trinajstić information content (AvgIpc) is 2.21. The second kappa shape index (κ2) is 9.14. The number of carbonyl (C=O) groups is 1. The van der Waals surface area contributed by atoms with E-state index in [1.165, 1.54) is 12.2 Å². The predicted molar refractivity (Wildman–Crippen MR) is 54.4 cm³/mol. The van der Waals surface area contributed by atoms with Gasteiger partial charge in [-0.05, 0) is 19.1 Å². The maximum atomic E-state index is 9.52. The van der Waals surface area contributed by atoms with E-state index in [4.69, 9.17) is 5.26 Å². The van der Waals surface area contributed by atoms with Crippen LogP contribution in [0.2, 0.25) is 0 Å². The van der Waals surface area contributed by atoms with Crippen molar-refractivity contribution < 1.29 is 4.79 Å². The largest absolute Gasteiger partial charge is 0.303 e. The van der Waals surface area contributed by atoms with Crippen molar-refractivity contribution in [2.24, 2.45) is 0 Å². The lowest BCUT2D eigenvalue weighted by Crippen LogP contribution is -1.72. The molecular weight excluding hydrogens is 176 g/mol. The van der Waals surface area contributed by atoms with Crippen LogP contribution in [-0.2, 0) is 4.79 Å². The molecule has 0 saturated carbocycles. The molecule has 0 aliphatic heterocycles. The predicted octanol–water partition coefficient (Wildman–Crippen LogP) is 2.05. The van der Waals surface area contributed by atoms with Gasteiger partial charge in [0.2, 0.25) is 0 Å². The molecule has 1 heterocycles. The van der Waals surface area contributed by atoms with E-state index in [2.05, 4.69) is 4.98 Å². The first-order valence-corrected chi connectivity index (χ1v) is 4.17. The van der Waals surface area contributed by atoms with Gasteiger partial charge in [-0.2, -0.15) is 5.26 Å². The molecule has 0 bridgehead atoms. The fourth-order valence-electron chi connectivity index (χ4n) is 0.624. The number of aldehydes is 1. The van der Waals surface area contributed by atoms with E-state index < -0.39 is 0 Å². The highest BCUT2D eigenvalue weighted by Gasteiger charge is 1.73. The van der Waals surface area contributed by atoms with Crippen molar-refractivity contribution in [3.8, 4) is 6.07 Å². The van der Waals surface area contributed by atoms with Crippen molar-refractivity contribution in [1.82, 2.24) is 4.98 Å². The first kappa shape index (κ1) is 12.0. The lowest BCUT2D eigenvalue weighted by molar-refractivity contribution is -0.107. The van der Waals surface area contributed by atoms with Crippen LogP contribution < -0.4 is 0 Å². The van der Waals surface area contributed by atoms with E-state index in [0.717, 1.165) is 12.0 Å². The van der Waals surface area contributed by atoms with Gasteiger partial charge in [-0.25, -0.2) is 0 Å². The molecule has 0 fully saturated rings. The molecule has 14 heavy (non-hydrogen) atoms. The molecule has 0 spiro atoms. The Balaban J connectivity index is 0.000000241. The molecule has 0 saturated heterocycles. The molecule has 72 valence electrons. The van der Waals surface area contributed by atoms with Crippen LogP contribution in [-0.4, -0.2) is 11.3 Å². The Labute approximate surface area is 83.7 Å². The number of carbonyl (C=O) groups excluding carboxylic acids is 1. The minimum Gasteiger partial charge on any atom is -0.303 e. The lowest BCUT2D eigenvalue weighted by atomic mass is 10.4. The zero-order valence-electron chi connectivity index (χ0n) is 8.05. The Kier molecular flexibility index (Phi) is 7.87. The molecule has 1 aromatic rings. The quantitative estimate of drug-likeness (QED) is 0.527. The minimum atomic E-state index is 0.341. The maximum absolute atomic E-state index is 9.52. The number of hydrogen-bond donors (Lipinski definition) is 0. The van der Waals surface area contributed by atoms with Crippen LogP contribution in [0.25, 0.3) is 0 Å². The SMILES string of the molecule is Cc1ccccn1.N#CC=CCC=O. The molecule has 0 radical (unpaired) electrons. The highest BCUT2D eigenvalue weighted by molar-refractivity contribution is 5.52. The Morgan fingerprint density at radius 3 is 2.71 bits per heavy atom. The summed E-state index contributed by atoms with van der Waals surface area (Å²) in [6, 6.07) is 7.62. The van der Waals surface area contributed by atoms with Crippen molar-refractivity contribution in [3.05, 3.63) is 42.2 Å². The number of aryl methyl sites for hydroxylation is 1. The van der Waals surface area contributed by atoms with E-state index in [0.29, 0.717) is 6.42 Å². The fourth-order valence-corrected chi connectivity index (χ4v) is 0.624. The molecule has 0 atom stereocenters. The van der Waals surface area contributed by atoms with Gasteiger partial charge in [0, 0.05) is 24.4 Å². The van der Waals surface area contributed by atoms with Crippen LogP contribution in [0.4, 0.5) is 0 Å². The third-order valence-corrected chi connectivity index (χ3v) is 1.24. The number of rotatable bonds is 2. The van der Waals surface area contributed by atoms with Gasteiger partial charge in [0.15, 0.2) is 0 Å². The van der Waals surface area contributed by atoms with Gasteiger partial charge in [-0.15, -0.1) is 0 Å². The van der Waals surface area contributed by atoms with Gasteiger partial charge < -0.3 is 4.79 Å². The Morgan fingerprint density at radius 1 is 1.57 bits per heavy atom. The van der Waals surface area contributed by atoms with E-state index in [-0.39, 0.29) is 0 Å². The Bertz CT molecular complexity index is 312. The van der Waals surface area contributed by atoms with Crippen molar-refractivity contribution in [2.75, 3.05) is 0 Å². The van der Waals surface area contributed by atoms with E-state index in [1.807, 2.05) is 25.1 Å². The van der Waals surface area contributed by atoms with Crippen molar-refractivity contribution in [1.29, 1.82) is 5.26 Å². The number of hydrogen-bond acceptors (Lipinski definition) is 3. The molecule has 0 aliphatic rings. The Hall–Kier alpha value is -1.95. The molecule has 0 unspecified atom stereocenters. The molecule has 0 amide bonds. The number of allylic oxidation sites excluding steroid dienone is 2. The third-order valence-electron chi connectivity index (χ3n) is 1.24. The second-order valence-corrected chi connectivity index (χ2v) is 2.40. The van der Waals surface area contributed by atoms with Crippen LogP contribution in [0, 0.1) is 18.3 Å². The number of aromatic nitrogens is 1. The van der Waals surface area contributed by atoms with Crippen LogP contribution >= 0.6 is 0 Å². The molecule has 1 rings (SSSR count). The lowest BCUT2D eigenvalue weighted by Gasteiger charge is -1.82. The molecule has 0 aliphatic carbocycles. The first-order valence-electron chi connectivity index (χ1n) is 4.17. The summed E-state index contributed by atoms with van der Waals surface area (Å²) in [5.74, 6) is 0. The molecule has 1 aromatic heterocycles. The van der Waals surface area contributed by atoms with Gasteiger partial charge in [0.05, 0.1) is 6.07 Å². The van der Waals surface area contributed by atoms with Crippen molar-refractivity contribution >= 4 is 6.29 Å². The van der Waals surface area contributed by atoms with Crippen molar-refractivity contribution in [2.45, 2.75) is 13.3 Å². The first-order chi connectivity index (χ1) is 6.81. The number of nitriles is 1. The molecule has 0 N–H and O–H groups in total. The van der Waals surface area contributed by atoms with Crippen LogP contribution in [0.1, 0.15) is 12.1 Å². The summed E-state index contributed by atoms with van der Waals surface area (Å²) in [5.41, 5.74) is 1.07. The zero-order valence-corrected chi connectivity index (χ0v) is 8.05. The van der Waals surface area contributed by atoms with Crippen LogP contribution in [0.15, 0.2) is 36.5 Å². The highest BCUT2D eigenvalue weighted by Crippen LogP contribution is 1.86. The summed E-state index contributed by atoms with van der Waals surface area (Å²) in [4.78, 5) is 13.5. The molecule has 0 aromatic carbocycles. The highest BCUT2D eigenvalue weighted by atomic mass is 16.1. The fraction of sp³-hybridized carbons (Fsp3) is 0.182. The second-order valence-electron chi connectivity index (χ2n) is 2.40. The van der Waals surface area contributed by atoms with Gasteiger partial charge in [0.1, 0.15) is 6.29 Å². The van der Waals surface area contributed by atoms with E-state index >= 15 is 0 Å². The van der Waals surface area contributed by atoms with Gasteiger partial charge in [0.25, 0.3) is 0 Å². The Morgan fingerprint density at radius 2 is 2.36 bits per heavy atom. The van der Waals surface area contributed by atoms with Gasteiger partial charge in [-0.3, -0.25) is 4.98 Å². The molecule has 3 nitrogen and oxygen atoms in total.